The lowest BCUT2D eigenvalue weighted by Gasteiger charge is -2.09. The van der Waals surface area contributed by atoms with Crippen LogP contribution in [0.1, 0.15) is 12.5 Å². The molecule has 0 aliphatic heterocycles. The summed E-state index contributed by atoms with van der Waals surface area (Å²) < 4.78 is 31.1. The molecule has 4 rings (SSSR count). The Hall–Kier alpha value is -2.97. The second-order valence-corrected chi connectivity index (χ2v) is 7.83. The van der Waals surface area contributed by atoms with Gasteiger partial charge in [-0.1, -0.05) is 24.3 Å². The fraction of sp³-hybridized carbons (Fsp3) is 0.158. The van der Waals surface area contributed by atoms with Gasteiger partial charge in [0.1, 0.15) is 6.33 Å². The fourth-order valence-electron chi connectivity index (χ4n) is 2.96. The molecule has 8 heteroatoms. The smallest absolute Gasteiger partial charge is 0.258 e. The Balaban J connectivity index is 1.52. The van der Waals surface area contributed by atoms with E-state index in [2.05, 4.69) is 14.7 Å². The quantitative estimate of drug-likeness (QED) is 0.557. The van der Waals surface area contributed by atoms with Gasteiger partial charge in [-0.2, -0.15) is 0 Å². The lowest BCUT2D eigenvalue weighted by Crippen LogP contribution is -2.25. The van der Waals surface area contributed by atoms with E-state index < -0.39 is 10.0 Å². The number of hydrogen-bond acceptors (Lipinski definition) is 4. The van der Waals surface area contributed by atoms with Gasteiger partial charge in [-0.05, 0) is 36.8 Å². The first-order chi connectivity index (χ1) is 13.1. The van der Waals surface area contributed by atoms with E-state index in [0.717, 1.165) is 22.3 Å². The van der Waals surface area contributed by atoms with Gasteiger partial charge in [0.2, 0.25) is 0 Å². The fourth-order valence-corrected chi connectivity index (χ4v) is 4.15. The summed E-state index contributed by atoms with van der Waals surface area (Å²) in [6, 6.07) is 15.6. The number of rotatable bonds is 6. The zero-order chi connectivity index (χ0) is 18.9. The first-order valence-electron chi connectivity index (χ1n) is 8.59. The van der Waals surface area contributed by atoms with Gasteiger partial charge in [0.15, 0.2) is 5.03 Å². The summed E-state index contributed by atoms with van der Waals surface area (Å²) in [4.78, 5) is 8.31. The number of fused-ring (bicyclic) bond motifs is 1. The summed E-state index contributed by atoms with van der Waals surface area (Å²) in [6.07, 6.45) is 4.66. The maximum Gasteiger partial charge on any atom is 0.258 e. The molecule has 0 fully saturated rings. The third-order valence-corrected chi connectivity index (χ3v) is 5.84. The van der Waals surface area contributed by atoms with Gasteiger partial charge in [0.05, 0.1) is 23.6 Å². The minimum absolute atomic E-state index is 0.173. The lowest BCUT2D eigenvalue weighted by molar-refractivity contribution is 0.564. The SMILES string of the molecule is CCn1cncc1S(=O)(=O)NCc1ccc(-n2cnc3ccccc32)cc1. The van der Waals surface area contributed by atoms with E-state index in [1.54, 1.807) is 10.9 Å². The minimum Gasteiger partial charge on any atom is -0.321 e. The Kier molecular flexibility index (Phi) is 4.51. The molecule has 0 aliphatic carbocycles. The van der Waals surface area contributed by atoms with E-state index >= 15 is 0 Å². The largest absolute Gasteiger partial charge is 0.321 e. The van der Waals surface area contributed by atoms with E-state index in [1.165, 1.54) is 12.5 Å². The third kappa shape index (κ3) is 3.36. The number of para-hydroxylation sites is 2. The molecule has 4 aromatic rings. The van der Waals surface area contributed by atoms with E-state index in [1.807, 2.05) is 60.0 Å². The van der Waals surface area contributed by atoms with Crippen molar-refractivity contribution in [2.24, 2.45) is 0 Å². The Morgan fingerprint density at radius 2 is 1.81 bits per heavy atom. The van der Waals surface area contributed by atoms with Crippen molar-refractivity contribution < 1.29 is 8.42 Å². The van der Waals surface area contributed by atoms with Crippen LogP contribution in [0.3, 0.4) is 0 Å². The van der Waals surface area contributed by atoms with Gasteiger partial charge in [0.25, 0.3) is 10.0 Å². The van der Waals surface area contributed by atoms with Gasteiger partial charge >= 0.3 is 0 Å². The highest BCUT2D eigenvalue weighted by Gasteiger charge is 2.18. The zero-order valence-corrected chi connectivity index (χ0v) is 15.6. The van der Waals surface area contributed by atoms with Crippen LogP contribution in [0.25, 0.3) is 16.7 Å². The van der Waals surface area contributed by atoms with Crippen molar-refractivity contribution in [1.29, 1.82) is 0 Å². The molecule has 0 aliphatic rings. The lowest BCUT2D eigenvalue weighted by atomic mass is 10.2. The molecule has 0 unspecified atom stereocenters. The summed E-state index contributed by atoms with van der Waals surface area (Å²) in [6.45, 7) is 2.63. The minimum atomic E-state index is -3.60. The summed E-state index contributed by atoms with van der Waals surface area (Å²) in [5.41, 5.74) is 3.80. The number of nitrogens with one attached hydrogen (secondary N) is 1. The third-order valence-electron chi connectivity index (χ3n) is 4.42. The topological polar surface area (TPSA) is 81.8 Å². The van der Waals surface area contributed by atoms with Crippen molar-refractivity contribution in [3.05, 3.63) is 72.9 Å². The summed E-state index contributed by atoms with van der Waals surface area (Å²) in [7, 11) is -3.60. The van der Waals surface area contributed by atoms with Gasteiger partial charge < -0.3 is 4.57 Å². The molecule has 2 aromatic carbocycles. The summed E-state index contributed by atoms with van der Waals surface area (Å²) in [5, 5.41) is 0.173. The first kappa shape index (κ1) is 17.4. The van der Waals surface area contributed by atoms with Gasteiger partial charge in [0, 0.05) is 18.8 Å². The van der Waals surface area contributed by atoms with Crippen LogP contribution in [-0.4, -0.2) is 27.5 Å². The number of imidazole rings is 2. The van der Waals surface area contributed by atoms with Crippen LogP contribution >= 0.6 is 0 Å². The first-order valence-corrected chi connectivity index (χ1v) is 10.1. The van der Waals surface area contributed by atoms with Crippen molar-refractivity contribution in [1.82, 2.24) is 23.8 Å². The number of hydrogen-bond donors (Lipinski definition) is 1. The van der Waals surface area contributed by atoms with Crippen molar-refractivity contribution in [2.75, 3.05) is 0 Å². The molecule has 0 atom stereocenters. The van der Waals surface area contributed by atoms with Crippen LogP contribution in [0.4, 0.5) is 0 Å². The Bertz CT molecular complexity index is 1180. The second-order valence-electron chi connectivity index (χ2n) is 6.11. The van der Waals surface area contributed by atoms with Crippen LogP contribution in [-0.2, 0) is 23.1 Å². The Morgan fingerprint density at radius 1 is 1.04 bits per heavy atom. The molecular formula is C19H19N5O2S. The molecule has 2 aromatic heterocycles. The van der Waals surface area contributed by atoms with Gasteiger partial charge in [-0.15, -0.1) is 0 Å². The normalized spacial score (nSPS) is 11.9. The molecule has 0 radical (unpaired) electrons. The van der Waals surface area contributed by atoms with Gasteiger partial charge in [-0.25, -0.2) is 23.1 Å². The van der Waals surface area contributed by atoms with E-state index in [0.29, 0.717) is 6.54 Å². The number of aryl methyl sites for hydroxylation is 1. The average molecular weight is 381 g/mol. The second kappa shape index (κ2) is 6.98. The molecule has 138 valence electrons. The number of sulfonamides is 1. The van der Waals surface area contributed by atoms with Crippen LogP contribution in [0, 0.1) is 0 Å². The summed E-state index contributed by atoms with van der Waals surface area (Å²) >= 11 is 0. The number of aromatic nitrogens is 4. The maximum atomic E-state index is 12.5. The van der Waals surface area contributed by atoms with Crippen LogP contribution in [0.2, 0.25) is 0 Å². The molecule has 0 saturated heterocycles. The molecule has 0 amide bonds. The highest BCUT2D eigenvalue weighted by molar-refractivity contribution is 7.89. The van der Waals surface area contributed by atoms with Crippen molar-refractivity contribution >= 4 is 21.1 Å². The Morgan fingerprint density at radius 3 is 2.59 bits per heavy atom. The number of nitrogens with zero attached hydrogens (tertiary/aromatic N) is 4. The average Bonchev–Trinajstić information content (AvgIpc) is 3.34. The molecule has 0 spiro atoms. The standard InChI is InChI=1S/C19H19N5O2S/c1-2-23-13-20-12-19(23)27(25,26)22-11-15-7-9-16(10-8-15)24-14-21-17-5-3-4-6-18(17)24/h3-10,12-14,22H,2,11H2,1H3. The molecular weight excluding hydrogens is 362 g/mol. The maximum absolute atomic E-state index is 12.5. The Labute approximate surface area is 157 Å². The number of benzene rings is 2. The van der Waals surface area contributed by atoms with E-state index in [-0.39, 0.29) is 11.6 Å². The van der Waals surface area contributed by atoms with E-state index in [4.69, 9.17) is 0 Å². The molecule has 27 heavy (non-hydrogen) atoms. The van der Waals surface area contributed by atoms with Crippen LogP contribution in [0.5, 0.6) is 0 Å². The highest BCUT2D eigenvalue weighted by Crippen LogP contribution is 2.18. The van der Waals surface area contributed by atoms with Crippen molar-refractivity contribution in [2.45, 2.75) is 25.0 Å². The predicted molar refractivity (Wildman–Crippen MR) is 103 cm³/mol. The summed E-state index contributed by atoms with van der Waals surface area (Å²) in [5.74, 6) is 0. The van der Waals surface area contributed by atoms with Gasteiger partial charge in [-0.3, -0.25) is 4.57 Å². The monoisotopic (exact) mass is 381 g/mol. The molecule has 0 bridgehead atoms. The van der Waals surface area contributed by atoms with Crippen molar-refractivity contribution in [3.63, 3.8) is 0 Å². The zero-order valence-electron chi connectivity index (χ0n) is 14.8. The molecule has 7 nitrogen and oxygen atoms in total. The highest BCUT2D eigenvalue weighted by atomic mass is 32.2. The molecule has 0 saturated carbocycles. The van der Waals surface area contributed by atoms with E-state index in [9.17, 15) is 8.42 Å². The molecule has 2 heterocycles. The van der Waals surface area contributed by atoms with Crippen LogP contribution in [0.15, 0.2) is 72.4 Å². The van der Waals surface area contributed by atoms with Crippen LogP contribution < -0.4 is 4.72 Å². The van der Waals surface area contributed by atoms with Crippen molar-refractivity contribution in [3.8, 4) is 5.69 Å². The molecule has 1 N–H and O–H groups in total. The predicted octanol–water partition coefficient (Wildman–Crippen LogP) is 2.72.